The standard InChI is InChI=1S/C22H25Br2ClO5/c1-11-6-17(25)14(7-12-2-4-13(5-3-12)16(24)9-23)8-15(11)22-21(29)20(28)19(27)18(10-26)30-22/h2-6,8,16,18-22,26-29H,7,9-10H2,1H3. The van der Waals surface area contributed by atoms with Gasteiger partial charge in [0.1, 0.15) is 30.5 Å². The normalized spacial score (nSPS) is 27.8. The molecule has 1 saturated heterocycles. The first-order valence-electron chi connectivity index (χ1n) is 9.65. The molecule has 164 valence electrons. The van der Waals surface area contributed by atoms with Crippen LogP contribution in [-0.4, -0.2) is 56.8 Å². The number of aliphatic hydroxyl groups excluding tert-OH is 4. The Morgan fingerprint density at radius 2 is 1.73 bits per heavy atom. The third-order valence-corrected chi connectivity index (χ3v) is 8.23. The first-order chi connectivity index (χ1) is 14.3. The van der Waals surface area contributed by atoms with E-state index in [0.29, 0.717) is 17.0 Å². The molecule has 2 aromatic rings. The third-order valence-electron chi connectivity index (χ3n) is 5.51. The second-order valence-electron chi connectivity index (χ2n) is 7.59. The number of ether oxygens (including phenoxy) is 1. The summed E-state index contributed by atoms with van der Waals surface area (Å²) in [6.07, 6.45) is -5.37. The predicted molar refractivity (Wildman–Crippen MR) is 124 cm³/mol. The Balaban J connectivity index is 1.89. The van der Waals surface area contributed by atoms with E-state index in [1.807, 2.05) is 13.0 Å². The molecule has 0 bridgehead atoms. The highest BCUT2D eigenvalue weighted by atomic mass is 79.9. The van der Waals surface area contributed by atoms with Gasteiger partial charge in [-0.3, -0.25) is 0 Å². The summed E-state index contributed by atoms with van der Waals surface area (Å²) in [5.74, 6) is 0. The van der Waals surface area contributed by atoms with Crippen LogP contribution in [0.5, 0.6) is 0 Å². The van der Waals surface area contributed by atoms with Gasteiger partial charge in [-0.05, 0) is 47.2 Å². The fourth-order valence-electron chi connectivity index (χ4n) is 3.69. The molecule has 0 aromatic heterocycles. The summed E-state index contributed by atoms with van der Waals surface area (Å²) in [5.41, 5.74) is 4.58. The van der Waals surface area contributed by atoms with Crippen molar-refractivity contribution in [2.45, 2.75) is 48.7 Å². The average Bonchev–Trinajstić information content (AvgIpc) is 2.74. The molecule has 2 aromatic carbocycles. The number of hydrogen-bond acceptors (Lipinski definition) is 5. The van der Waals surface area contributed by atoms with Gasteiger partial charge in [-0.25, -0.2) is 0 Å². The van der Waals surface area contributed by atoms with Gasteiger partial charge in [0.05, 0.1) is 6.61 Å². The van der Waals surface area contributed by atoms with E-state index in [1.165, 1.54) is 5.56 Å². The van der Waals surface area contributed by atoms with Crippen LogP contribution in [0.4, 0.5) is 0 Å². The Labute approximate surface area is 197 Å². The van der Waals surface area contributed by atoms with Crippen LogP contribution in [0.2, 0.25) is 5.02 Å². The fraction of sp³-hybridized carbons (Fsp3) is 0.455. The van der Waals surface area contributed by atoms with Crippen molar-refractivity contribution in [1.29, 1.82) is 0 Å². The summed E-state index contributed by atoms with van der Waals surface area (Å²) in [6.45, 7) is 1.38. The first kappa shape index (κ1) is 24.1. The van der Waals surface area contributed by atoms with E-state index < -0.39 is 37.1 Å². The van der Waals surface area contributed by atoms with Gasteiger partial charge in [0, 0.05) is 15.2 Å². The van der Waals surface area contributed by atoms with Gasteiger partial charge in [-0.1, -0.05) is 73.8 Å². The Hall–Kier alpha value is -0.510. The zero-order valence-electron chi connectivity index (χ0n) is 16.4. The SMILES string of the molecule is Cc1cc(Cl)c(Cc2ccc(C(Br)CBr)cc2)cc1C1OC(CO)C(O)C(O)C1O. The molecule has 0 radical (unpaired) electrons. The van der Waals surface area contributed by atoms with E-state index in [1.54, 1.807) is 6.07 Å². The Bertz CT molecular complexity index is 861. The van der Waals surface area contributed by atoms with E-state index in [4.69, 9.17) is 16.3 Å². The molecule has 1 aliphatic rings. The largest absolute Gasteiger partial charge is 0.394 e. The van der Waals surface area contributed by atoms with Crippen molar-refractivity contribution < 1.29 is 25.2 Å². The third kappa shape index (κ3) is 5.10. The van der Waals surface area contributed by atoms with Crippen molar-refractivity contribution >= 4 is 43.5 Å². The van der Waals surface area contributed by atoms with Crippen molar-refractivity contribution in [2.24, 2.45) is 0 Å². The summed E-state index contributed by atoms with van der Waals surface area (Å²) in [7, 11) is 0. The zero-order valence-corrected chi connectivity index (χ0v) is 20.3. The molecule has 30 heavy (non-hydrogen) atoms. The van der Waals surface area contributed by atoms with E-state index >= 15 is 0 Å². The molecule has 6 atom stereocenters. The molecule has 3 rings (SSSR count). The number of alkyl halides is 2. The van der Waals surface area contributed by atoms with E-state index in [0.717, 1.165) is 22.0 Å². The lowest BCUT2D eigenvalue weighted by atomic mass is 9.88. The predicted octanol–water partition coefficient (Wildman–Crippen LogP) is 3.59. The quantitative estimate of drug-likeness (QED) is 0.403. The number of aliphatic hydroxyl groups is 4. The van der Waals surface area contributed by atoms with Gasteiger partial charge in [0.25, 0.3) is 0 Å². The van der Waals surface area contributed by atoms with Crippen LogP contribution < -0.4 is 0 Å². The molecule has 0 spiro atoms. The second-order valence-corrected chi connectivity index (χ2v) is 9.75. The van der Waals surface area contributed by atoms with Crippen LogP contribution in [0.25, 0.3) is 0 Å². The molecule has 0 saturated carbocycles. The van der Waals surface area contributed by atoms with Crippen molar-refractivity contribution in [3.05, 3.63) is 69.2 Å². The molecule has 4 N–H and O–H groups in total. The summed E-state index contributed by atoms with van der Waals surface area (Å²) >= 11 is 13.6. The molecular weight excluding hydrogens is 539 g/mol. The zero-order chi connectivity index (χ0) is 22.0. The number of halogens is 3. The average molecular weight is 565 g/mol. The van der Waals surface area contributed by atoms with Crippen LogP contribution in [0.1, 0.15) is 38.7 Å². The number of rotatable bonds is 6. The van der Waals surface area contributed by atoms with Crippen LogP contribution >= 0.6 is 43.5 Å². The van der Waals surface area contributed by atoms with Crippen LogP contribution in [0, 0.1) is 6.92 Å². The number of benzene rings is 2. The summed E-state index contributed by atoms with van der Waals surface area (Å²) < 4.78 is 5.73. The maximum Gasteiger partial charge on any atom is 0.113 e. The Kier molecular flexibility index (Phi) is 8.37. The highest BCUT2D eigenvalue weighted by molar-refractivity contribution is 9.12. The number of aryl methyl sites for hydroxylation is 1. The summed E-state index contributed by atoms with van der Waals surface area (Å²) in [6, 6.07) is 11.9. The van der Waals surface area contributed by atoms with Gasteiger partial charge >= 0.3 is 0 Å². The van der Waals surface area contributed by atoms with Crippen molar-refractivity contribution in [2.75, 3.05) is 11.9 Å². The highest BCUT2D eigenvalue weighted by Gasteiger charge is 2.44. The molecular formula is C22H25Br2ClO5. The minimum Gasteiger partial charge on any atom is -0.394 e. The minimum atomic E-state index is -1.42. The molecule has 0 amide bonds. The lowest BCUT2D eigenvalue weighted by Crippen LogP contribution is -2.55. The maximum atomic E-state index is 10.5. The molecule has 1 heterocycles. The van der Waals surface area contributed by atoms with E-state index in [2.05, 4.69) is 56.1 Å². The van der Waals surface area contributed by atoms with Gasteiger partial charge in [0.2, 0.25) is 0 Å². The lowest BCUT2D eigenvalue weighted by Gasteiger charge is -2.40. The van der Waals surface area contributed by atoms with Crippen molar-refractivity contribution in [3.63, 3.8) is 0 Å². The van der Waals surface area contributed by atoms with Crippen LogP contribution in [0.3, 0.4) is 0 Å². The summed E-state index contributed by atoms with van der Waals surface area (Å²) in [5, 5.41) is 41.6. The maximum absolute atomic E-state index is 10.5. The number of hydrogen-bond donors (Lipinski definition) is 4. The lowest BCUT2D eigenvalue weighted by molar-refractivity contribution is -0.231. The van der Waals surface area contributed by atoms with E-state index in [-0.39, 0.29) is 4.83 Å². The topological polar surface area (TPSA) is 90.2 Å². The molecule has 8 heteroatoms. The minimum absolute atomic E-state index is 0.243. The van der Waals surface area contributed by atoms with Crippen molar-refractivity contribution in [1.82, 2.24) is 0 Å². The molecule has 1 fully saturated rings. The molecule has 1 aliphatic heterocycles. The smallest absolute Gasteiger partial charge is 0.113 e. The van der Waals surface area contributed by atoms with Crippen LogP contribution in [0.15, 0.2) is 36.4 Å². The van der Waals surface area contributed by atoms with E-state index in [9.17, 15) is 20.4 Å². The Morgan fingerprint density at radius 1 is 1.07 bits per heavy atom. The first-order valence-corrected chi connectivity index (χ1v) is 12.1. The highest BCUT2D eigenvalue weighted by Crippen LogP contribution is 2.36. The molecule has 0 aliphatic carbocycles. The monoisotopic (exact) mass is 562 g/mol. The molecule has 5 nitrogen and oxygen atoms in total. The Morgan fingerprint density at radius 3 is 2.33 bits per heavy atom. The second kappa shape index (κ2) is 10.4. The molecule has 6 unspecified atom stereocenters. The van der Waals surface area contributed by atoms with Gasteiger partial charge in [-0.2, -0.15) is 0 Å². The summed E-state index contributed by atoms with van der Waals surface area (Å²) in [4.78, 5) is 0.243. The van der Waals surface area contributed by atoms with Gasteiger partial charge < -0.3 is 25.2 Å². The van der Waals surface area contributed by atoms with Crippen molar-refractivity contribution in [3.8, 4) is 0 Å². The fourth-order valence-corrected chi connectivity index (χ4v) is 4.65. The van der Waals surface area contributed by atoms with Crippen LogP contribution in [-0.2, 0) is 11.2 Å². The van der Waals surface area contributed by atoms with Gasteiger partial charge in [-0.15, -0.1) is 0 Å². The van der Waals surface area contributed by atoms with Gasteiger partial charge in [0.15, 0.2) is 0 Å².